The predicted octanol–water partition coefficient (Wildman–Crippen LogP) is 2.11. The first-order valence-electron chi connectivity index (χ1n) is 5.81. The van der Waals surface area contributed by atoms with Crippen molar-refractivity contribution in [3.8, 4) is 0 Å². The van der Waals surface area contributed by atoms with Gasteiger partial charge >= 0.3 is 5.97 Å². The summed E-state index contributed by atoms with van der Waals surface area (Å²) < 4.78 is 0. The number of aromatic nitrogens is 2. The Bertz CT molecular complexity index is 405. The van der Waals surface area contributed by atoms with Gasteiger partial charge in [0.15, 0.2) is 0 Å². The van der Waals surface area contributed by atoms with Gasteiger partial charge in [-0.15, -0.1) is 0 Å². The van der Waals surface area contributed by atoms with Gasteiger partial charge in [0.1, 0.15) is 0 Å². The van der Waals surface area contributed by atoms with Gasteiger partial charge < -0.3 is 10.0 Å². The van der Waals surface area contributed by atoms with Crippen LogP contribution in [0, 0.1) is 6.92 Å². The molecule has 1 aromatic heterocycles. The highest BCUT2D eigenvalue weighted by Crippen LogP contribution is 2.14. The normalized spacial score (nSPS) is 10.6. The molecule has 0 saturated carbocycles. The van der Waals surface area contributed by atoms with Crippen LogP contribution >= 0.6 is 0 Å². The standard InChI is InChI=1S/C12H19N3O2/c1-5-6-15(8(2)3)12-13-7-10(11(16)17)9(4)14-12/h7-8H,5-6H2,1-4H3,(H,16,17). The lowest BCUT2D eigenvalue weighted by atomic mass is 10.2. The average Bonchev–Trinajstić information content (AvgIpc) is 2.24. The fourth-order valence-electron chi connectivity index (χ4n) is 1.63. The van der Waals surface area contributed by atoms with Gasteiger partial charge in [0.25, 0.3) is 0 Å². The molecule has 0 fully saturated rings. The van der Waals surface area contributed by atoms with Crippen molar-refractivity contribution in [2.75, 3.05) is 11.4 Å². The molecule has 0 amide bonds. The molecule has 0 radical (unpaired) electrons. The predicted molar refractivity (Wildman–Crippen MR) is 66.5 cm³/mol. The SMILES string of the molecule is CCCN(c1ncc(C(=O)O)c(C)n1)C(C)C. The zero-order valence-corrected chi connectivity index (χ0v) is 10.8. The van der Waals surface area contributed by atoms with Crippen molar-refractivity contribution in [2.45, 2.75) is 40.2 Å². The Kier molecular flexibility index (Phi) is 4.43. The van der Waals surface area contributed by atoms with Crippen LogP contribution in [0.2, 0.25) is 0 Å². The Balaban J connectivity index is 3.06. The molecule has 0 bridgehead atoms. The molecular weight excluding hydrogens is 218 g/mol. The maximum absolute atomic E-state index is 10.9. The van der Waals surface area contributed by atoms with Gasteiger partial charge in [-0.25, -0.2) is 14.8 Å². The van der Waals surface area contributed by atoms with Gasteiger partial charge in [-0.05, 0) is 27.2 Å². The first-order chi connectivity index (χ1) is 7.97. The molecule has 0 spiro atoms. The van der Waals surface area contributed by atoms with E-state index in [0.29, 0.717) is 17.7 Å². The van der Waals surface area contributed by atoms with Gasteiger partial charge in [-0.1, -0.05) is 6.92 Å². The van der Waals surface area contributed by atoms with Crippen molar-refractivity contribution >= 4 is 11.9 Å². The van der Waals surface area contributed by atoms with Crippen LogP contribution in [-0.2, 0) is 0 Å². The Morgan fingerprint density at radius 3 is 2.59 bits per heavy atom. The first kappa shape index (κ1) is 13.4. The summed E-state index contributed by atoms with van der Waals surface area (Å²) in [5, 5.41) is 8.91. The maximum Gasteiger partial charge on any atom is 0.339 e. The molecule has 5 heteroatoms. The first-order valence-corrected chi connectivity index (χ1v) is 5.81. The van der Waals surface area contributed by atoms with Gasteiger partial charge in [0.2, 0.25) is 5.95 Å². The Labute approximate surface area is 102 Å². The molecule has 0 aliphatic heterocycles. The second kappa shape index (κ2) is 5.61. The van der Waals surface area contributed by atoms with Crippen molar-refractivity contribution in [3.05, 3.63) is 17.5 Å². The smallest absolute Gasteiger partial charge is 0.339 e. The van der Waals surface area contributed by atoms with E-state index < -0.39 is 5.97 Å². The number of hydrogen-bond donors (Lipinski definition) is 1. The molecule has 0 atom stereocenters. The minimum atomic E-state index is -0.986. The van der Waals surface area contributed by atoms with Crippen molar-refractivity contribution < 1.29 is 9.90 Å². The van der Waals surface area contributed by atoms with Gasteiger partial charge in [0, 0.05) is 18.8 Å². The Hall–Kier alpha value is -1.65. The highest BCUT2D eigenvalue weighted by molar-refractivity contribution is 5.88. The highest BCUT2D eigenvalue weighted by atomic mass is 16.4. The van der Waals surface area contributed by atoms with Crippen molar-refractivity contribution in [1.82, 2.24) is 9.97 Å². The fraction of sp³-hybridized carbons (Fsp3) is 0.583. The number of carboxylic acids is 1. The second-order valence-corrected chi connectivity index (χ2v) is 4.26. The van der Waals surface area contributed by atoms with Gasteiger partial charge in [-0.2, -0.15) is 0 Å². The number of rotatable bonds is 5. The minimum absolute atomic E-state index is 0.161. The van der Waals surface area contributed by atoms with Crippen LogP contribution in [0.25, 0.3) is 0 Å². The summed E-state index contributed by atoms with van der Waals surface area (Å²) in [5.74, 6) is -0.384. The summed E-state index contributed by atoms with van der Waals surface area (Å²) in [6, 6.07) is 0.296. The molecule has 5 nitrogen and oxygen atoms in total. The van der Waals surface area contributed by atoms with Crippen molar-refractivity contribution in [2.24, 2.45) is 0 Å². The van der Waals surface area contributed by atoms with Crippen LogP contribution in [0.4, 0.5) is 5.95 Å². The molecule has 1 heterocycles. The van der Waals surface area contributed by atoms with Gasteiger partial charge in [0.05, 0.1) is 11.3 Å². The van der Waals surface area contributed by atoms with Crippen LogP contribution < -0.4 is 4.90 Å². The zero-order chi connectivity index (χ0) is 13.0. The maximum atomic E-state index is 10.9. The number of carboxylic acid groups (broad SMARTS) is 1. The molecule has 94 valence electrons. The van der Waals surface area contributed by atoms with E-state index in [9.17, 15) is 4.79 Å². The number of nitrogens with zero attached hydrogens (tertiary/aromatic N) is 3. The van der Waals surface area contributed by atoms with E-state index in [1.54, 1.807) is 6.92 Å². The van der Waals surface area contributed by atoms with E-state index in [0.717, 1.165) is 13.0 Å². The molecule has 0 aromatic carbocycles. The fourth-order valence-corrected chi connectivity index (χ4v) is 1.63. The van der Waals surface area contributed by atoms with Crippen LogP contribution in [0.5, 0.6) is 0 Å². The van der Waals surface area contributed by atoms with Crippen LogP contribution in [0.15, 0.2) is 6.20 Å². The number of carbonyl (C=O) groups is 1. The number of aryl methyl sites for hydroxylation is 1. The Morgan fingerprint density at radius 1 is 1.53 bits per heavy atom. The molecule has 0 saturated heterocycles. The van der Waals surface area contributed by atoms with E-state index in [1.165, 1.54) is 6.20 Å². The third-order valence-corrected chi connectivity index (χ3v) is 2.54. The average molecular weight is 237 g/mol. The minimum Gasteiger partial charge on any atom is -0.478 e. The lowest BCUT2D eigenvalue weighted by Gasteiger charge is -2.26. The third-order valence-electron chi connectivity index (χ3n) is 2.54. The number of aromatic carboxylic acids is 1. The summed E-state index contributed by atoms with van der Waals surface area (Å²) in [7, 11) is 0. The quantitative estimate of drug-likeness (QED) is 0.849. The van der Waals surface area contributed by atoms with Crippen LogP contribution in [-0.4, -0.2) is 33.6 Å². The number of hydrogen-bond acceptors (Lipinski definition) is 4. The summed E-state index contributed by atoms with van der Waals surface area (Å²) in [6.45, 7) is 8.79. The molecule has 1 rings (SSSR count). The van der Waals surface area contributed by atoms with Gasteiger partial charge in [-0.3, -0.25) is 0 Å². The molecule has 0 aliphatic rings. The lowest BCUT2D eigenvalue weighted by molar-refractivity contribution is 0.0695. The highest BCUT2D eigenvalue weighted by Gasteiger charge is 2.15. The summed E-state index contributed by atoms with van der Waals surface area (Å²) in [5.41, 5.74) is 0.665. The van der Waals surface area contributed by atoms with Crippen molar-refractivity contribution in [1.29, 1.82) is 0 Å². The zero-order valence-electron chi connectivity index (χ0n) is 10.8. The summed E-state index contributed by atoms with van der Waals surface area (Å²) in [4.78, 5) is 21.3. The van der Waals surface area contributed by atoms with E-state index in [1.807, 2.05) is 0 Å². The molecule has 0 aliphatic carbocycles. The third kappa shape index (κ3) is 3.15. The topological polar surface area (TPSA) is 66.3 Å². The van der Waals surface area contributed by atoms with Crippen molar-refractivity contribution in [3.63, 3.8) is 0 Å². The largest absolute Gasteiger partial charge is 0.478 e. The summed E-state index contributed by atoms with van der Waals surface area (Å²) in [6.07, 6.45) is 2.38. The van der Waals surface area contributed by atoms with E-state index in [-0.39, 0.29) is 5.56 Å². The monoisotopic (exact) mass is 237 g/mol. The second-order valence-electron chi connectivity index (χ2n) is 4.26. The Morgan fingerprint density at radius 2 is 2.18 bits per heavy atom. The van der Waals surface area contributed by atoms with E-state index in [2.05, 4.69) is 35.6 Å². The summed E-state index contributed by atoms with van der Waals surface area (Å²) >= 11 is 0. The van der Waals surface area contributed by atoms with Crippen LogP contribution in [0.3, 0.4) is 0 Å². The number of anilines is 1. The molecule has 1 N–H and O–H groups in total. The lowest BCUT2D eigenvalue weighted by Crippen LogP contribution is -2.33. The molecule has 0 unspecified atom stereocenters. The van der Waals surface area contributed by atoms with E-state index in [4.69, 9.17) is 5.11 Å². The molecule has 1 aromatic rings. The van der Waals surface area contributed by atoms with E-state index >= 15 is 0 Å². The van der Waals surface area contributed by atoms with Crippen LogP contribution in [0.1, 0.15) is 43.2 Å². The molecule has 17 heavy (non-hydrogen) atoms. The molecular formula is C12H19N3O2.